The van der Waals surface area contributed by atoms with Gasteiger partial charge in [-0.25, -0.2) is 13.4 Å². The molecule has 0 amide bonds. The number of hydrogen-bond acceptors (Lipinski definition) is 9. The Morgan fingerprint density at radius 2 is 1.87 bits per heavy atom. The van der Waals surface area contributed by atoms with Crippen LogP contribution in [0.25, 0.3) is 11.0 Å². The van der Waals surface area contributed by atoms with Crippen molar-refractivity contribution in [2.24, 2.45) is 7.05 Å². The van der Waals surface area contributed by atoms with Gasteiger partial charge >= 0.3 is 0 Å². The van der Waals surface area contributed by atoms with Crippen molar-refractivity contribution in [3.63, 3.8) is 0 Å². The minimum Gasteiger partial charge on any atom is -0.337 e. The molecule has 0 saturated heterocycles. The highest BCUT2D eigenvalue weighted by Gasteiger charge is 2.21. The van der Waals surface area contributed by atoms with E-state index in [1.165, 1.54) is 13.2 Å². The molecule has 0 fully saturated rings. The van der Waals surface area contributed by atoms with E-state index in [0.717, 1.165) is 16.2 Å². The highest BCUT2D eigenvalue weighted by atomic mass is 79.9. The number of aryl methyl sites for hydroxylation is 1. The quantitative estimate of drug-likeness (QED) is 0.407. The Morgan fingerprint density at radius 3 is 2.58 bits per heavy atom. The number of nitrogens with one attached hydrogen (secondary N) is 2. The van der Waals surface area contributed by atoms with Gasteiger partial charge in [0.05, 0.1) is 33.8 Å². The molecule has 2 N–H and O–H groups in total. The molecular formula is C18H18BrN9O2S. The molecule has 0 aliphatic carbocycles. The molecule has 0 aliphatic heterocycles. The Morgan fingerprint density at radius 1 is 1.10 bits per heavy atom. The molecule has 0 unspecified atom stereocenters. The van der Waals surface area contributed by atoms with E-state index in [1.807, 2.05) is 7.05 Å². The summed E-state index contributed by atoms with van der Waals surface area (Å²) in [6.07, 6.45) is 9.23. The fourth-order valence-electron chi connectivity index (χ4n) is 2.86. The molecule has 13 heteroatoms. The van der Waals surface area contributed by atoms with Crippen molar-refractivity contribution < 1.29 is 8.42 Å². The van der Waals surface area contributed by atoms with Crippen LogP contribution in [0, 0.1) is 0 Å². The van der Waals surface area contributed by atoms with E-state index in [1.54, 1.807) is 41.6 Å². The summed E-state index contributed by atoms with van der Waals surface area (Å²) in [7, 11) is -0.284. The maximum Gasteiger partial charge on any atom is 0.232 e. The molecule has 0 bridgehead atoms. The number of halogens is 1. The number of benzene rings is 1. The molecular weight excluding hydrogens is 486 g/mol. The summed E-state index contributed by atoms with van der Waals surface area (Å²) in [6.45, 7) is 0. The molecule has 0 saturated carbocycles. The summed E-state index contributed by atoms with van der Waals surface area (Å²) in [5, 5.41) is 10.4. The average molecular weight is 504 g/mol. The second-order valence-corrected chi connectivity index (χ2v) is 9.53. The summed E-state index contributed by atoms with van der Waals surface area (Å²) in [5.74, 6) is 0.782. The summed E-state index contributed by atoms with van der Waals surface area (Å²) < 4.78 is 28.0. The summed E-state index contributed by atoms with van der Waals surface area (Å²) in [6, 6.07) is 3.49. The van der Waals surface area contributed by atoms with Crippen molar-refractivity contribution in [2.45, 2.75) is 0 Å². The van der Waals surface area contributed by atoms with Gasteiger partial charge in [-0.05, 0) is 28.1 Å². The Bertz CT molecular complexity index is 1370. The molecule has 31 heavy (non-hydrogen) atoms. The molecule has 0 aliphatic rings. The molecule has 0 radical (unpaired) electrons. The fraction of sp³-hybridized carbons (Fsp3) is 0.167. The maximum atomic E-state index is 12.3. The van der Waals surface area contributed by atoms with Gasteiger partial charge in [0.25, 0.3) is 0 Å². The van der Waals surface area contributed by atoms with Crippen LogP contribution in [0.1, 0.15) is 0 Å². The van der Waals surface area contributed by atoms with Crippen LogP contribution in [0.4, 0.5) is 28.8 Å². The second kappa shape index (κ2) is 8.07. The van der Waals surface area contributed by atoms with Crippen LogP contribution >= 0.6 is 15.9 Å². The average Bonchev–Trinajstić information content (AvgIpc) is 3.13. The minimum atomic E-state index is -3.56. The highest BCUT2D eigenvalue weighted by molar-refractivity contribution is 9.10. The lowest BCUT2D eigenvalue weighted by Gasteiger charge is -2.22. The SMILES string of the molecule is CN(c1c(Nc2nc(Nc3cnn(C)c3)ncc2Br)ccc2nccnc12)S(C)(=O)=O. The predicted octanol–water partition coefficient (Wildman–Crippen LogP) is 2.80. The number of fused-ring (bicyclic) bond motifs is 1. The second-order valence-electron chi connectivity index (χ2n) is 6.66. The van der Waals surface area contributed by atoms with E-state index < -0.39 is 10.0 Å². The number of rotatable bonds is 6. The molecule has 11 nitrogen and oxygen atoms in total. The van der Waals surface area contributed by atoms with Crippen molar-refractivity contribution in [1.82, 2.24) is 29.7 Å². The first-order valence-electron chi connectivity index (χ1n) is 8.95. The van der Waals surface area contributed by atoms with Crippen molar-refractivity contribution >= 4 is 65.8 Å². The third-order valence-corrected chi connectivity index (χ3v) is 6.14. The standard InChI is InChI=1S/C18H18BrN9O2S/c1-27-10-11(8-23-27)24-18-22-9-12(19)17(26-18)25-14-5-4-13-15(21-7-6-20-13)16(14)28(2)31(3,29)30/h4-10H,1-3H3,(H2,22,24,25,26). The summed E-state index contributed by atoms with van der Waals surface area (Å²) in [5.41, 5.74) is 2.60. The topological polar surface area (TPSA) is 131 Å². The van der Waals surface area contributed by atoms with Gasteiger partial charge in [0.15, 0.2) is 0 Å². The van der Waals surface area contributed by atoms with Gasteiger partial charge in [-0.3, -0.25) is 19.0 Å². The highest BCUT2D eigenvalue weighted by Crippen LogP contribution is 2.36. The van der Waals surface area contributed by atoms with Gasteiger partial charge in [0, 0.05) is 38.9 Å². The van der Waals surface area contributed by atoms with E-state index in [-0.39, 0.29) is 0 Å². The van der Waals surface area contributed by atoms with Crippen molar-refractivity contribution in [2.75, 3.05) is 28.2 Å². The Hall–Kier alpha value is -3.32. The van der Waals surface area contributed by atoms with E-state index >= 15 is 0 Å². The van der Waals surface area contributed by atoms with E-state index in [4.69, 9.17) is 0 Å². The first-order valence-corrected chi connectivity index (χ1v) is 11.6. The fourth-order valence-corrected chi connectivity index (χ4v) is 3.67. The zero-order valence-electron chi connectivity index (χ0n) is 16.8. The van der Waals surface area contributed by atoms with Crippen molar-refractivity contribution in [3.8, 4) is 0 Å². The summed E-state index contributed by atoms with van der Waals surface area (Å²) in [4.78, 5) is 17.4. The first kappa shape index (κ1) is 20.9. The third kappa shape index (κ3) is 4.41. The van der Waals surface area contributed by atoms with Crippen LogP contribution in [-0.2, 0) is 17.1 Å². The number of aromatic nitrogens is 6. The molecule has 1 aromatic carbocycles. The normalized spacial score (nSPS) is 11.5. The van der Waals surface area contributed by atoms with Crippen LogP contribution in [0.15, 0.2) is 47.6 Å². The number of anilines is 5. The Balaban J connectivity index is 1.77. The first-order chi connectivity index (χ1) is 14.7. The molecule has 0 atom stereocenters. The lowest BCUT2D eigenvalue weighted by Crippen LogP contribution is -2.26. The number of nitrogens with zero attached hydrogens (tertiary/aromatic N) is 7. The Labute approximate surface area is 186 Å². The van der Waals surface area contributed by atoms with Gasteiger partial charge < -0.3 is 10.6 Å². The van der Waals surface area contributed by atoms with Gasteiger partial charge in [-0.2, -0.15) is 10.1 Å². The van der Waals surface area contributed by atoms with Crippen LogP contribution in [0.2, 0.25) is 0 Å². The zero-order valence-corrected chi connectivity index (χ0v) is 19.2. The van der Waals surface area contributed by atoms with Gasteiger partial charge in [-0.1, -0.05) is 0 Å². The number of hydrogen-bond donors (Lipinski definition) is 2. The van der Waals surface area contributed by atoms with Gasteiger partial charge in [0.2, 0.25) is 16.0 Å². The smallest absolute Gasteiger partial charge is 0.232 e. The van der Waals surface area contributed by atoms with E-state index in [2.05, 4.69) is 51.6 Å². The maximum absolute atomic E-state index is 12.3. The minimum absolute atomic E-state index is 0.345. The molecule has 4 aromatic rings. The monoisotopic (exact) mass is 503 g/mol. The predicted molar refractivity (Wildman–Crippen MR) is 122 cm³/mol. The van der Waals surface area contributed by atoms with E-state index in [0.29, 0.717) is 38.6 Å². The van der Waals surface area contributed by atoms with E-state index in [9.17, 15) is 8.42 Å². The molecule has 4 rings (SSSR count). The zero-order chi connectivity index (χ0) is 22.2. The summed E-state index contributed by atoms with van der Waals surface area (Å²) >= 11 is 3.44. The molecule has 160 valence electrons. The van der Waals surface area contributed by atoms with Crippen molar-refractivity contribution in [1.29, 1.82) is 0 Å². The van der Waals surface area contributed by atoms with Crippen LogP contribution in [0.3, 0.4) is 0 Å². The van der Waals surface area contributed by atoms with Gasteiger partial charge in [-0.15, -0.1) is 0 Å². The molecule has 0 spiro atoms. The molecule has 3 heterocycles. The lowest BCUT2D eigenvalue weighted by atomic mass is 10.2. The molecule has 3 aromatic heterocycles. The van der Waals surface area contributed by atoms with Crippen LogP contribution < -0.4 is 14.9 Å². The number of sulfonamides is 1. The third-order valence-electron chi connectivity index (χ3n) is 4.38. The largest absolute Gasteiger partial charge is 0.337 e. The van der Waals surface area contributed by atoms with Crippen LogP contribution in [0.5, 0.6) is 0 Å². The lowest BCUT2D eigenvalue weighted by molar-refractivity contribution is 0.600. The van der Waals surface area contributed by atoms with Gasteiger partial charge in [0.1, 0.15) is 17.0 Å². The Kier molecular flexibility index (Phi) is 5.45. The van der Waals surface area contributed by atoms with Crippen LogP contribution in [-0.4, -0.2) is 51.4 Å². The van der Waals surface area contributed by atoms with Crippen molar-refractivity contribution in [3.05, 3.63) is 47.6 Å².